The van der Waals surface area contributed by atoms with Crippen LogP contribution >= 0.6 is 11.8 Å². The topological polar surface area (TPSA) is 15.7 Å². The molecule has 0 radical (unpaired) electrons. The van der Waals surface area contributed by atoms with Crippen molar-refractivity contribution in [2.45, 2.75) is 19.4 Å². The summed E-state index contributed by atoms with van der Waals surface area (Å²) in [6.07, 6.45) is 3.49. The summed E-state index contributed by atoms with van der Waals surface area (Å²) in [6.45, 7) is 6.98. The molecular weight excluding hydrogens is 268 g/mol. The molecule has 0 amide bonds. The van der Waals surface area contributed by atoms with Gasteiger partial charge in [-0.1, -0.05) is 0 Å². The van der Waals surface area contributed by atoms with Crippen LogP contribution in [0.4, 0.5) is 5.69 Å². The molecule has 20 heavy (non-hydrogen) atoms. The van der Waals surface area contributed by atoms with Crippen LogP contribution in [-0.2, 0) is 0 Å². The van der Waals surface area contributed by atoms with Gasteiger partial charge in [-0.25, -0.2) is 0 Å². The third-order valence-corrected chi connectivity index (χ3v) is 4.69. The van der Waals surface area contributed by atoms with Crippen LogP contribution in [0.3, 0.4) is 0 Å². The Morgan fingerprint density at radius 2 is 2.00 bits per heavy atom. The molecule has 0 spiro atoms. The van der Waals surface area contributed by atoms with Crippen molar-refractivity contribution < 1.29 is 4.74 Å². The molecule has 0 saturated carbocycles. The molecular formula is C16H26N2OS. The molecule has 1 atom stereocenters. The van der Waals surface area contributed by atoms with Crippen molar-refractivity contribution in [1.29, 1.82) is 0 Å². The summed E-state index contributed by atoms with van der Waals surface area (Å²) in [5.74, 6) is 2.20. The lowest BCUT2D eigenvalue weighted by Gasteiger charge is -2.41. The number of hydrogen-bond acceptors (Lipinski definition) is 4. The smallest absolute Gasteiger partial charge is 0.119 e. The Morgan fingerprint density at radius 3 is 2.60 bits per heavy atom. The Labute approximate surface area is 127 Å². The van der Waals surface area contributed by atoms with Gasteiger partial charge in [0.25, 0.3) is 0 Å². The molecule has 0 aromatic heterocycles. The SMILES string of the molecule is COc1ccc(N2CCN(CCCSC)[C@H](C)C2)cc1. The highest BCUT2D eigenvalue weighted by Gasteiger charge is 2.23. The van der Waals surface area contributed by atoms with Crippen molar-refractivity contribution in [2.75, 3.05) is 50.2 Å². The van der Waals surface area contributed by atoms with Crippen LogP contribution in [0, 0.1) is 0 Å². The molecule has 1 aliphatic rings. The standard InChI is InChI=1S/C16H26N2OS/c1-14-13-18(11-10-17(14)9-4-12-20-3)15-5-7-16(19-2)8-6-15/h5-8,14H,4,9-13H2,1-3H3/t14-/m1/s1. The molecule has 2 rings (SSSR count). The van der Waals surface area contributed by atoms with Gasteiger partial charge in [0.1, 0.15) is 5.75 Å². The van der Waals surface area contributed by atoms with Crippen LogP contribution in [0.2, 0.25) is 0 Å². The van der Waals surface area contributed by atoms with Crippen molar-refractivity contribution in [2.24, 2.45) is 0 Å². The zero-order valence-corrected chi connectivity index (χ0v) is 13.7. The predicted octanol–water partition coefficient (Wildman–Crippen LogP) is 2.96. The van der Waals surface area contributed by atoms with Crippen LogP contribution in [0.15, 0.2) is 24.3 Å². The summed E-state index contributed by atoms with van der Waals surface area (Å²) in [7, 11) is 1.71. The Kier molecular flexibility index (Phi) is 6.05. The van der Waals surface area contributed by atoms with Crippen molar-refractivity contribution in [3.8, 4) is 5.75 Å². The molecule has 0 N–H and O–H groups in total. The van der Waals surface area contributed by atoms with Gasteiger partial charge in [0.15, 0.2) is 0 Å². The minimum atomic E-state index is 0.632. The number of thioether (sulfide) groups is 1. The highest BCUT2D eigenvalue weighted by atomic mass is 32.2. The summed E-state index contributed by atoms with van der Waals surface area (Å²) >= 11 is 1.94. The van der Waals surface area contributed by atoms with E-state index < -0.39 is 0 Å². The van der Waals surface area contributed by atoms with Gasteiger partial charge in [-0.3, -0.25) is 4.90 Å². The third kappa shape index (κ3) is 4.06. The van der Waals surface area contributed by atoms with Gasteiger partial charge in [0, 0.05) is 31.4 Å². The normalized spacial score (nSPS) is 20.1. The molecule has 0 unspecified atom stereocenters. The first-order valence-electron chi connectivity index (χ1n) is 7.36. The highest BCUT2D eigenvalue weighted by Crippen LogP contribution is 2.22. The molecule has 112 valence electrons. The molecule has 0 aliphatic carbocycles. The number of ether oxygens (including phenoxy) is 1. The molecule has 1 aliphatic heterocycles. The van der Waals surface area contributed by atoms with Gasteiger partial charge in [-0.2, -0.15) is 11.8 Å². The monoisotopic (exact) mass is 294 g/mol. The molecule has 1 fully saturated rings. The molecule has 1 aromatic rings. The van der Waals surface area contributed by atoms with Gasteiger partial charge in [0.2, 0.25) is 0 Å². The first kappa shape index (κ1) is 15.5. The lowest BCUT2D eigenvalue weighted by Crippen LogP contribution is -2.52. The zero-order chi connectivity index (χ0) is 14.4. The summed E-state index contributed by atoms with van der Waals surface area (Å²) in [6, 6.07) is 9.05. The fourth-order valence-electron chi connectivity index (χ4n) is 2.77. The number of hydrogen-bond donors (Lipinski definition) is 0. The van der Waals surface area contributed by atoms with Crippen molar-refractivity contribution in [1.82, 2.24) is 4.90 Å². The maximum Gasteiger partial charge on any atom is 0.119 e. The molecule has 1 saturated heterocycles. The predicted molar refractivity (Wildman–Crippen MR) is 89.2 cm³/mol. The number of nitrogens with zero attached hydrogens (tertiary/aromatic N) is 2. The van der Waals surface area contributed by atoms with Gasteiger partial charge < -0.3 is 9.64 Å². The van der Waals surface area contributed by atoms with E-state index in [1.165, 1.54) is 31.0 Å². The average molecular weight is 294 g/mol. The van der Waals surface area contributed by atoms with E-state index in [1.807, 2.05) is 23.9 Å². The Bertz CT molecular complexity index is 396. The quantitative estimate of drug-likeness (QED) is 0.749. The van der Waals surface area contributed by atoms with Gasteiger partial charge in [-0.15, -0.1) is 0 Å². The van der Waals surface area contributed by atoms with Crippen LogP contribution in [0.1, 0.15) is 13.3 Å². The van der Waals surface area contributed by atoms with Crippen LogP contribution in [0.25, 0.3) is 0 Å². The van der Waals surface area contributed by atoms with Crippen molar-refractivity contribution in [3.05, 3.63) is 24.3 Å². The second-order valence-corrected chi connectivity index (χ2v) is 6.36. The lowest BCUT2D eigenvalue weighted by atomic mass is 10.1. The van der Waals surface area contributed by atoms with Crippen LogP contribution in [-0.4, -0.2) is 56.2 Å². The second-order valence-electron chi connectivity index (χ2n) is 5.38. The summed E-state index contributed by atoms with van der Waals surface area (Å²) in [5.41, 5.74) is 1.31. The summed E-state index contributed by atoms with van der Waals surface area (Å²) in [4.78, 5) is 5.10. The van der Waals surface area contributed by atoms with E-state index in [-0.39, 0.29) is 0 Å². The van der Waals surface area contributed by atoms with E-state index in [2.05, 4.69) is 35.1 Å². The van der Waals surface area contributed by atoms with E-state index in [0.717, 1.165) is 18.8 Å². The largest absolute Gasteiger partial charge is 0.497 e. The Hall–Kier alpha value is -0.870. The highest BCUT2D eigenvalue weighted by molar-refractivity contribution is 7.98. The van der Waals surface area contributed by atoms with Gasteiger partial charge >= 0.3 is 0 Å². The Balaban J connectivity index is 1.87. The van der Waals surface area contributed by atoms with E-state index >= 15 is 0 Å². The molecule has 1 heterocycles. The first-order chi connectivity index (χ1) is 9.74. The molecule has 0 bridgehead atoms. The van der Waals surface area contributed by atoms with E-state index in [4.69, 9.17) is 4.74 Å². The first-order valence-corrected chi connectivity index (χ1v) is 8.76. The van der Waals surface area contributed by atoms with Gasteiger partial charge in [0.05, 0.1) is 7.11 Å². The van der Waals surface area contributed by atoms with Crippen molar-refractivity contribution >= 4 is 17.4 Å². The molecule has 3 nitrogen and oxygen atoms in total. The fourth-order valence-corrected chi connectivity index (χ4v) is 3.18. The minimum absolute atomic E-state index is 0.632. The number of benzene rings is 1. The Morgan fingerprint density at radius 1 is 1.25 bits per heavy atom. The van der Waals surface area contributed by atoms with Crippen LogP contribution in [0.5, 0.6) is 5.75 Å². The van der Waals surface area contributed by atoms with Crippen molar-refractivity contribution in [3.63, 3.8) is 0 Å². The number of rotatable bonds is 6. The lowest BCUT2D eigenvalue weighted by molar-refractivity contribution is 0.190. The number of methoxy groups -OCH3 is 1. The third-order valence-electron chi connectivity index (χ3n) is 4.00. The minimum Gasteiger partial charge on any atom is -0.497 e. The van der Waals surface area contributed by atoms with E-state index in [1.54, 1.807) is 7.11 Å². The van der Waals surface area contributed by atoms with Crippen LogP contribution < -0.4 is 9.64 Å². The summed E-state index contributed by atoms with van der Waals surface area (Å²) in [5, 5.41) is 0. The zero-order valence-electron chi connectivity index (χ0n) is 12.8. The maximum absolute atomic E-state index is 5.22. The van der Waals surface area contributed by atoms with E-state index in [0.29, 0.717) is 6.04 Å². The summed E-state index contributed by atoms with van der Waals surface area (Å²) < 4.78 is 5.22. The number of piperazine rings is 1. The molecule has 4 heteroatoms. The van der Waals surface area contributed by atoms with Gasteiger partial charge in [-0.05, 0) is 56.2 Å². The maximum atomic E-state index is 5.22. The second kappa shape index (κ2) is 7.79. The average Bonchev–Trinajstić information content (AvgIpc) is 2.49. The fraction of sp³-hybridized carbons (Fsp3) is 0.625. The molecule has 1 aromatic carbocycles. The van der Waals surface area contributed by atoms with E-state index in [9.17, 15) is 0 Å². The number of anilines is 1.